The first-order chi connectivity index (χ1) is 35.1. The van der Waals surface area contributed by atoms with Crippen molar-refractivity contribution in [1.29, 1.82) is 0 Å². The van der Waals surface area contributed by atoms with Crippen molar-refractivity contribution >= 4 is 82.2 Å². The Morgan fingerprint density at radius 3 is 2.23 bits per heavy atom. The van der Waals surface area contributed by atoms with Crippen molar-refractivity contribution in [2.24, 2.45) is 12.5 Å². The summed E-state index contributed by atoms with van der Waals surface area (Å²) in [5, 5.41) is 14.5. The minimum atomic E-state index is -2.74. The van der Waals surface area contributed by atoms with Gasteiger partial charge in [0, 0.05) is 98.8 Å². The van der Waals surface area contributed by atoms with Gasteiger partial charge in [-0.1, -0.05) is 48.0 Å². The minimum absolute atomic E-state index is 0.0870. The van der Waals surface area contributed by atoms with Crippen molar-refractivity contribution in [2.45, 2.75) is 50.6 Å². The lowest BCUT2D eigenvalue weighted by atomic mass is 9.60. The number of carbonyl (C=O) groups is 4. The molecule has 4 aromatic carbocycles. The van der Waals surface area contributed by atoms with Crippen molar-refractivity contribution < 1.29 is 28.5 Å². The maximum atomic E-state index is 13.6. The highest BCUT2D eigenvalue weighted by atomic mass is 35.5. The van der Waals surface area contributed by atoms with E-state index >= 15 is 0 Å². The Morgan fingerprint density at radius 2 is 1.53 bits per heavy atom. The molecule has 3 saturated heterocycles. The monoisotopic (exact) mass is 1020 g/mol. The van der Waals surface area contributed by atoms with Crippen LogP contribution in [0.15, 0.2) is 97.5 Å². The number of nitrogens with zero attached hydrogens (tertiary/aromatic N) is 8. The molecule has 73 heavy (non-hydrogen) atoms. The number of amides is 4. The first kappa shape index (κ1) is 48.2. The zero-order valence-electron chi connectivity index (χ0n) is 41.2. The predicted molar refractivity (Wildman–Crippen MR) is 284 cm³/mol. The summed E-state index contributed by atoms with van der Waals surface area (Å²) in [5.74, 6) is -0.690. The molecule has 1 spiro atoms. The smallest absolute Gasteiger partial charge is 0.262 e. The van der Waals surface area contributed by atoms with Crippen molar-refractivity contribution in [3.05, 3.63) is 114 Å². The molecular formula is C54H57ClN11O6P. The molecule has 19 heteroatoms. The molecule has 376 valence electrons. The van der Waals surface area contributed by atoms with Crippen LogP contribution in [0.1, 0.15) is 59.2 Å². The average molecular weight is 1020 g/mol. The van der Waals surface area contributed by atoms with Crippen LogP contribution in [0.2, 0.25) is 5.02 Å². The Bertz CT molecular complexity index is 3230. The fraction of sp³-hybridized carbons (Fsp3) is 0.352. The number of aryl methyl sites for hydroxylation is 1. The number of piperazine rings is 1. The Kier molecular flexibility index (Phi) is 12.6. The van der Waals surface area contributed by atoms with Gasteiger partial charge in [0.1, 0.15) is 24.0 Å². The van der Waals surface area contributed by atoms with Gasteiger partial charge in [0.25, 0.3) is 11.8 Å². The van der Waals surface area contributed by atoms with Crippen LogP contribution >= 0.6 is 18.7 Å². The molecule has 4 aliphatic heterocycles. The van der Waals surface area contributed by atoms with Gasteiger partial charge in [-0.05, 0) is 98.4 Å². The summed E-state index contributed by atoms with van der Waals surface area (Å²) in [5.41, 5.74) is 8.10. The van der Waals surface area contributed by atoms with Gasteiger partial charge < -0.3 is 29.7 Å². The van der Waals surface area contributed by atoms with E-state index in [1.54, 1.807) is 37.3 Å². The Hall–Kier alpha value is -7.07. The maximum absolute atomic E-state index is 13.6. The van der Waals surface area contributed by atoms with E-state index < -0.39 is 36.8 Å². The van der Waals surface area contributed by atoms with Gasteiger partial charge in [-0.3, -0.25) is 39.0 Å². The molecule has 0 radical (unpaired) electrons. The fourth-order valence-electron chi connectivity index (χ4n) is 11.4. The molecule has 3 N–H and O–H groups in total. The highest BCUT2D eigenvalue weighted by molar-refractivity contribution is 7.70. The highest BCUT2D eigenvalue weighted by Crippen LogP contribution is 2.52. The standard InChI is InChI=1S/C54H57ClN11O6P/c1-62-32-35(30-57-62)39-26-43(59-53-56-31-41(55)49(61-53)58-42-13-10-34(24-47(42)73(3,4)71)33-8-6-5-7-9-33)46(72-2)27-45(39)65-22-20-64(21-23-65)37-28-54(29-37)16-18-63(19-17-54)36-11-12-38-40(25-36)52(70)66(51(38)69)44-14-15-48(67)60-50(44)68/h5-13,24-27,30-32,37,44H,14-23,28-29H2,1-4H3,(H,60,67,68)(H2,56,58,59,61). The average Bonchev–Trinajstić information content (AvgIpc) is 3.92. The SMILES string of the molecule is COc1cc(N2CCN(C3CC4(CCN(c5ccc6c(c5)C(=O)N(C5CCC(=O)NC5=O)C6=O)CC4)C3)CC2)c(-c2cnn(C)c2)cc1Nc1ncc(Cl)c(Nc2ccc(-c3ccccc3)cc2P(C)(C)=O)n1. The number of nitrogens with one attached hydrogen (secondary N) is 3. The molecule has 5 aliphatic rings. The van der Waals surface area contributed by atoms with E-state index in [-0.39, 0.29) is 18.3 Å². The lowest BCUT2D eigenvalue weighted by Gasteiger charge is -2.56. The Labute approximate surface area is 428 Å². The summed E-state index contributed by atoms with van der Waals surface area (Å²) in [6.45, 7) is 8.75. The quantitative estimate of drug-likeness (QED) is 0.0793. The third-order valence-corrected chi connectivity index (χ3v) is 17.2. The van der Waals surface area contributed by atoms with Gasteiger partial charge in [-0.15, -0.1) is 0 Å². The molecule has 1 unspecified atom stereocenters. The van der Waals surface area contributed by atoms with Crippen LogP contribution in [0.4, 0.5) is 34.5 Å². The number of halogens is 1. The van der Waals surface area contributed by atoms with Crippen molar-refractivity contribution in [2.75, 3.05) is 80.1 Å². The van der Waals surface area contributed by atoms with Crippen LogP contribution < -0.4 is 35.8 Å². The second-order valence-electron chi connectivity index (χ2n) is 20.3. The van der Waals surface area contributed by atoms with Crippen molar-refractivity contribution in [3.63, 3.8) is 0 Å². The second-order valence-corrected chi connectivity index (χ2v) is 23.9. The molecule has 0 bridgehead atoms. The van der Waals surface area contributed by atoms with E-state index in [0.717, 1.165) is 103 Å². The molecule has 6 aromatic rings. The van der Waals surface area contributed by atoms with E-state index in [9.17, 15) is 23.7 Å². The van der Waals surface area contributed by atoms with E-state index in [2.05, 4.69) is 52.9 Å². The van der Waals surface area contributed by atoms with Crippen LogP contribution in [0, 0.1) is 5.41 Å². The number of methoxy groups -OCH3 is 1. The number of fused-ring (bicyclic) bond motifs is 1. The van der Waals surface area contributed by atoms with Gasteiger partial charge in [-0.2, -0.15) is 10.1 Å². The van der Waals surface area contributed by atoms with E-state index in [1.807, 2.05) is 74.0 Å². The summed E-state index contributed by atoms with van der Waals surface area (Å²) in [6, 6.07) is 24.9. The molecule has 2 aromatic heterocycles. The predicted octanol–water partition coefficient (Wildman–Crippen LogP) is 7.91. The number of anilines is 6. The summed E-state index contributed by atoms with van der Waals surface area (Å²) >= 11 is 6.71. The first-order valence-corrected chi connectivity index (χ1v) is 27.7. The number of aromatic nitrogens is 4. The van der Waals surface area contributed by atoms with Crippen molar-refractivity contribution in [1.82, 2.24) is 34.9 Å². The lowest BCUT2D eigenvalue weighted by Crippen LogP contribution is -2.59. The number of carbonyl (C=O) groups excluding carboxylic acids is 4. The largest absolute Gasteiger partial charge is 0.494 e. The third-order valence-electron chi connectivity index (χ3n) is 15.4. The third kappa shape index (κ3) is 9.34. The number of benzene rings is 4. The molecule has 4 amide bonds. The van der Waals surface area contributed by atoms with Crippen molar-refractivity contribution in [3.8, 4) is 28.0 Å². The van der Waals surface area contributed by atoms with Crippen LogP contribution in [-0.2, 0) is 21.2 Å². The normalized spacial score (nSPS) is 19.2. The Balaban J connectivity index is 0.741. The minimum Gasteiger partial charge on any atom is -0.494 e. The number of rotatable bonds is 12. The highest BCUT2D eigenvalue weighted by Gasteiger charge is 2.49. The van der Waals surface area contributed by atoms with Gasteiger partial charge in [0.05, 0.1) is 42.0 Å². The number of piperidine rings is 2. The Morgan fingerprint density at radius 1 is 0.781 bits per heavy atom. The summed E-state index contributed by atoms with van der Waals surface area (Å²) < 4.78 is 21.5. The molecule has 11 rings (SSSR count). The number of imide groups is 2. The molecule has 6 heterocycles. The van der Waals surface area contributed by atoms with Gasteiger partial charge >= 0.3 is 0 Å². The molecular weight excluding hydrogens is 965 g/mol. The van der Waals surface area contributed by atoms with E-state index in [0.29, 0.717) is 56.4 Å². The molecule has 1 atom stereocenters. The molecule has 1 aliphatic carbocycles. The van der Waals surface area contributed by atoms with Gasteiger partial charge in [-0.25, -0.2) is 4.98 Å². The van der Waals surface area contributed by atoms with Crippen LogP contribution in [-0.4, -0.2) is 125 Å². The fourth-order valence-corrected chi connectivity index (χ4v) is 12.7. The summed E-state index contributed by atoms with van der Waals surface area (Å²) in [4.78, 5) is 68.8. The van der Waals surface area contributed by atoms with Gasteiger partial charge in [0.15, 0.2) is 5.82 Å². The topological polar surface area (TPSA) is 187 Å². The summed E-state index contributed by atoms with van der Waals surface area (Å²) in [6.07, 6.45) is 10.0. The number of ether oxygens (including phenoxy) is 1. The second kappa shape index (κ2) is 19.1. The maximum Gasteiger partial charge on any atom is 0.262 e. The van der Waals surface area contributed by atoms with Crippen LogP contribution in [0.25, 0.3) is 22.3 Å². The molecule has 1 saturated carbocycles. The molecule has 17 nitrogen and oxygen atoms in total. The van der Waals surface area contributed by atoms with Gasteiger partial charge in [0.2, 0.25) is 17.8 Å². The van der Waals surface area contributed by atoms with E-state index in [4.69, 9.17) is 21.3 Å². The number of hydrogen-bond donors (Lipinski definition) is 3. The zero-order valence-corrected chi connectivity index (χ0v) is 42.9. The van der Waals surface area contributed by atoms with E-state index in [1.165, 1.54) is 6.20 Å². The lowest BCUT2D eigenvalue weighted by molar-refractivity contribution is -0.136. The van der Waals surface area contributed by atoms with Crippen LogP contribution in [0.3, 0.4) is 0 Å². The zero-order chi connectivity index (χ0) is 50.8. The van der Waals surface area contributed by atoms with Crippen LogP contribution in [0.5, 0.6) is 5.75 Å². The number of hydrogen-bond acceptors (Lipinski definition) is 14. The first-order valence-electron chi connectivity index (χ1n) is 24.8. The molecule has 4 fully saturated rings. The summed E-state index contributed by atoms with van der Waals surface area (Å²) in [7, 11) is 0.819.